The van der Waals surface area contributed by atoms with Crippen LogP contribution < -0.4 is 5.69 Å². The van der Waals surface area contributed by atoms with E-state index in [9.17, 15) is 9.59 Å². The molecule has 0 unspecified atom stereocenters. The normalized spacial score (nSPS) is 14.9. The van der Waals surface area contributed by atoms with Crippen molar-refractivity contribution >= 4 is 44.6 Å². The highest BCUT2D eigenvalue weighted by Gasteiger charge is 2.27. The van der Waals surface area contributed by atoms with Crippen molar-refractivity contribution in [2.24, 2.45) is 0 Å². The van der Waals surface area contributed by atoms with Crippen molar-refractivity contribution in [1.82, 2.24) is 29.6 Å². The number of likely N-dealkylation sites (tertiary alicyclic amines) is 1. The van der Waals surface area contributed by atoms with Crippen LogP contribution in [0.3, 0.4) is 0 Å². The topological polar surface area (TPSA) is 110 Å². The Morgan fingerprint density at radius 3 is 2.88 bits per heavy atom. The number of rotatable bonds is 4. The van der Waals surface area contributed by atoms with E-state index in [0.29, 0.717) is 48.1 Å². The van der Waals surface area contributed by atoms with Gasteiger partial charge in [-0.15, -0.1) is 10.2 Å². The van der Waals surface area contributed by atoms with E-state index in [1.165, 1.54) is 0 Å². The van der Waals surface area contributed by atoms with Crippen LogP contribution in [0.1, 0.15) is 24.8 Å². The molecule has 0 atom stereocenters. The number of piperidine rings is 1. The lowest BCUT2D eigenvalue weighted by Gasteiger charge is -2.32. The maximum atomic E-state index is 12.8. The van der Waals surface area contributed by atoms with Crippen LogP contribution in [0, 0.1) is 0 Å². The van der Waals surface area contributed by atoms with E-state index in [1.807, 2.05) is 12.1 Å². The van der Waals surface area contributed by atoms with E-state index in [0.717, 1.165) is 9.99 Å². The second-order valence-corrected chi connectivity index (χ2v) is 8.88. The number of H-pyrrole nitrogens is 1. The van der Waals surface area contributed by atoms with Crippen molar-refractivity contribution < 1.29 is 9.21 Å². The van der Waals surface area contributed by atoms with Crippen LogP contribution in [0.4, 0.5) is 0 Å². The van der Waals surface area contributed by atoms with Gasteiger partial charge in [0.05, 0.1) is 11.1 Å². The molecule has 0 aliphatic carbocycles. The molecule has 1 amide bonds. The molecule has 3 aromatic heterocycles. The summed E-state index contributed by atoms with van der Waals surface area (Å²) in [5.41, 5.74) is 1.86. The van der Waals surface area contributed by atoms with Gasteiger partial charge in [0.25, 0.3) is 0 Å². The number of nitrogens with one attached hydrogen (secondary N) is 1. The van der Waals surface area contributed by atoms with Gasteiger partial charge in [-0.2, -0.15) is 0 Å². The van der Waals surface area contributed by atoms with Gasteiger partial charge in [0, 0.05) is 34.8 Å². The number of hydrogen-bond acceptors (Lipinski definition) is 6. The molecule has 32 heavy (non-hydrogen) atoms. The van der Waals surface area contributed by atoms with Crippen molar-refractivity contribution in [1.29, 1.82) is 0 Å². The first kappa shape index (κ1) is 20.9. The number of pyridine rings is 1. The van der Waals surface area contributed by atoms with Gasteiger partial charge < -0.3 is 9.32 Å². The minimum absolute atomic E-state index is 0.0136. The molecule has 0 spiro atoms. The van der Waals surface area contributed by atoms with Gasteiger partial charge >= 0.3 is 5.69 Å². The lowest BCUT2D eigenvalue weighted by atomic mass is 10.0. The zero-order valence-electron chi connectivity index (χ0n) is 16.8. The summed E-state index contributed by atoms with van der Waals surface area (Å²) < 4.78 is 8.21. The molecular formula is C21H18BrClN6O3. The zero-order chi connectivity index (χ0) is 22.2. The van der Waals surface area contributed by atoms with Crippen LogP contribution in [0.25, 0.3) is 22.6 Å². The van der Waals surface area contributed by atoms with Crippen LogP contribution >= 0.6 is 27.5 Å². The number of carbonyl (C=O) groups excluding carboxylic acids is 1. The third-order valence-corrected chi connectivity index (χ3v) is 6.53. The van der Waals surface area contributed by atoms with E-state index in [4.69, 9.17) is 16.0 Å². The molecule has 1 aliphatic rings. The van der Waals surface area contributed by atoms with Crippen molar-refractivity contribution in [2.75, 3.05) is 13.1 Å². The molecule has 9 nitrogen and oxygen atoms in total. The Labute approximate surface area is 195 Å². The largest absolute Gasteiger partial charge is 0.420 e. The van der Waals surface area contributed by atoms with Crippen LogP contribution in [-0.2, 0) is 11.2 Å². The van der Waals surface area contributed by atoms with Crippen molar-refractivity contribution in [3.8, 4) is 11.5 Å². The second-order valence-electron chi connectivity index (χ2n) is 7.59. The molecule has 4 heterocycles. The Hall–Kier alpha value is -2.98. The molecule has 11 heteroatoms. The molecule has 0 radical (unpaired) electrons. The average Bonchev–Trinajstić information content (AvgIpc) is 3.39. The van der Waals surface area contributed by atoms with Gasteiger partial charge in [0.1, 0.15) is 6.42 Å². The fourth-order valence-electron chi connectivity index (χ4n) is 4.03. The molecule has 1 aliphatic heterocycles. The van der Waals surface area contributed by atoms with Crippen molar-refractivity contribution in [2.45, 2.75) is 25.3 Å². The smallest absolute Gasteiger partial charge is 0.327 e. The summed E-state index contributed by atoms with van der Waals surface area (Å²) in [7, 11) is 0. The molecule has 164 valence electrons. The summed E-state index contributed by atoms with van der Waals surface area (Å²) in [5.74, 6) is 0.461. The summed E-state index contributed by atoms with van der Waals surface area (Å²) >= 11 is 9.49. The Bertz CT molecular complexity index is 1360. The van der Waals surface area contributed by atoms with E-state index in [1.54, 1.807) is 33.9 Å². The van der Waals surface area contributed by atoms with Gasteiger partial charge in [-0.1, -0.05) is 11.6 Å². The first-order chi connectivity index (χ1) is 15.5. The van der Waals surface area contributed by atoms with Gasteiger partial charge in [0.2, 0.25) is 17.7 Å². The Morgan fingerprint density at radius 1 is 1.25 bits per heavy atom. The minimum atomic E-state index is -0.172. The minimum Gasteiger partial charge on any atom is -0.420 e. The maximum absolute atomic E-state index is 12.8. The summed E-state index contributed by atoms with van der Waals surface area (Å²) in [6, 6.07) is 8.97. The summed E-state index contributed by atoms with van der Waals surface area (Å²) in [5, 5.41) is 8.61. The summed E-state index contributed by atoms with van der Waals surface area (Å²) in [4.78, 5) is 34.0. The highest BCUT2D eigenvalue weighted by atomic mass is 79.9. The summed E-state index contributed by atoms with van der Waals surface area (Å²) in [6.07, 6.45) is 3.03. The third kappa shape index (κ3) is 3.95. The number of hydrogen-bond donors (Lipinski definition) is 1. The molecule has 5 rings (SSSR count). The second kappa shape index (κ2) is 8.51. The number of fused-ring (bicyclic) bond motifs is 1. The Kier molecular flexibility index (Phi) is 5.56. The monoisotopic (exact) mass is 516 g/mol. The van der Waals surface area contributed by atoms with E-state index >= 15 is 0 Å². The average molecular weight is 518 g/mol. The van der Waals surface area contributed by atoms with Gasteiger partial charge in [-0.3, -0.25) is 14.3 Å². The van der Waals surface area contributed by atoms with E-state index < -0.39 is 0 Å². The molecule has 1 N–H and O–H groups in total. The molecule has 1 saturated heterocycles. The highest BCUT2D eigenvalue weighted by molar-refractivity contribution is 9.10. The number of aromatic amines is 1. The van der Waals surface area contributed by atoms with Crippen molar-refractivity contribution in [3.63, 3.8) is 0 Å². The molecular weight excluding hydrogens is 500 g/mol. The van der Waals surface area contributed by atoms with Crippen LogP contribution in [0.15, 0.2) is 50.2 Å². The number of imidazole rings is 1. The predicted molar refractivity (Wildman–Crippen MR) is 121 cm³/mol. The summed E-state index contributed by atoms with van der Waals surface area (Å²) in [6.45, 7) is 1.09. The Balaban J connectivity index is 1.25. The highest BCUT2D eigenvalue weighted by Crippen LogP contribution is 2.30. The van der Waals surface area contributed by atoms with Gasteiger partial charge in [-0.05, 0) is 59.1 Å². The first-order valence-electron chi connectivity index (χ1n) is 10.1. The SMILES string of the molecule is O=C(Cc1nnc(-c2cc(Cl)ccc2Br)o1)N1CCC(n2c(=O)[nH]c3ncccc32)CC1. The lowest BCUT2D eigenvalue weighted by Crippen LogP contribution is -2.41. The van der Waals surface area contributed by atoms with Crippen molar-refractivity contribution in [3.05, 3.63) is 62.4 Å². The fourth-order valence-corrected chi connectivity index (χ4v) is 4.62. The number of halogens is 2. The van der Waals surface area contributed by atoms with Crippen LogP contribution in [-0.4, -0.2) is 48.6 Å². The zero-order valence-corrected chi connectivity index (χ0v) is 19.1. The van der Waals surface area contributed by atoms with E-state index in [2.05, 4.69) is 36.1 Å². The number of benzene rings is 1. The quantitative estimate of drug-likeness (QED) is 0.443. The van der Waals surface area contributed by atoms with Gasteiger partial charge in [-0.25, -0.2) is 9.78 Å². The first-order valence-corrected chi connectivity index (χ1v) is 11.3. The fraction of sp³-hybridized carbons (Fsp3) is 0.286. The van der Waals surface area contributed by atoms with Crippen LogP contribution in [0.5, 0.6) is 0 Å². The Morgan fingerprint density at radius 2 is 2.06 bits per heavy atom. The molecule has 0 bridgehead atoms. The maximum Gasteiger partial charge on any atom is 0.327 e. The molecule has 1 aromatic carbocycles. The predicted octanol–water partition coefficient (Wildman–Crippen LogP) is 3.60. The molecule has 1 fully saturated rings. The standard InChI is InChI=1S/C21H18BrClN6O3/c22-15-4-3-12(23)10-14(15)20-27-26-17(32-20)11-18(30)28-8-5-13(6-9-28)29-16-2-1-7-24-19(16)25-21(29)31/h1-4,7,10,13H,5-6,8-9,11H2,(H,24,25,31). The third-order valence-electron chi connectivity index (χ3n) is 5.60. The lowest BCUT2D eigenvalue weighted by molar-refractivity contribution is -0.132. The molecule has 0 saturated carbocycles. The molecule has 4 aromatic rings. The van der Waals surface area contributed by atoms with Crippen LogP contribution in [0.2, 0.25) is 5.02 Å². The van der Waals surface area contributed by atoms with E-state index in [-0.39, 0.29) is 30.0 Å². The number of carbonyl (C=O) groups is 1. The number of nitrogens with zero attached hydrogens (tertiary/aromatic N) is 5. The number of aromatic nitrogens is 5. The van der Waals surface area contributed by atoms with Gasteiger partial charge in [0.15, 0.2) is 5.65 Å². The number of amides is 1.